The molecule has 1 aromatic rings. The number of benzene rings is 1. The maximum atomic E-state index is 8.93. The zero-order valence-electron chi connectivity index (χ0n) is 7.20. The Kier molecular flexibility index (Phi) is 1.86. The molecule has 2 rings (SSSR count). The highest BCUT2D eigenvalue weighted by molar-refractivity contribution is 6.45. The summed E-state index contributed by atoms with van der Waals surface area (Å²) in [4.78, 5) is 0. The highest BCUT2D eigenvalue weighted by Crippen LogP contribution is 2.47. The number of nitriles is 1. The Balaban J connectivity index is 2.29. The second-order valence-corrected chi connectivity index (χ2v) is 3.45. The molecule has 1 aliphatic rings. The van der Waals surface area contributed by atoms with E-state index in [9.17, 15) is 0 Å². The number of rotatable bonds is 2. The monoisotopic (exact) mass is 170 g/mol. The Morgan fingerprint density at radius 1 is 1.31 bits per heavy atom. The van der Waals surface area contributed by atoms with E-state index in [1.54, 1.807) is 0 Å². The molecule has 0 aliphatic heterocycles. The summed E-state index contributed by atoms with van der Waals surface area (Å²) in [5, 5.41) is 17.6. The fourth-order valence-corrected chi connectivity index (χ4v) is 1.48. The summed E-state index contributed by atoms with van der Waals surface area (Å²) in [5.41, 5.74) is 1.63. The quantitative estimate of drug-likeness (QED) is 0.656. The Bertz CT molecular complexity index is 348. The standard InChI is InChI=1S/C10H9BNO/c12-7-10(5-6-10)8-1-3-9(11-13)4-2-8/h1-4,13H,5-6H2. The van der Waals surface area contributed by atoms with Gasteiger partial charge in [0.15, 0.2) is 0 Å². The Morgan fingerprint density at radius 3 is 2.31 bits per heavy atom. The van der Waals surface area contributed by atoms with Crippen molar-refractivity contribution in [2.45, 2.75) is 18.3 Å². The van der Waals surface area contributed by atoms with Gasteiger partial charge in [0.05, 0.1) is 11.5 Å². The molecule has 0 spiro atoms. The van der Waals surface area contributed by atoms with Crippen LogP contribution in [0, 0.1) is 11.3 Å². The summed E-state index contributed by atoms with van der Waals surface area (Å²) in [7, 11) is 1.07. The van der Waals surface area contributed by atoms with E-state index in [4.69, 9.17) is 10.3 Å². The van der Waals surface area contributed by atoms with Gasteiger partial charge in [-0.25, -0.2) is 0 Å². The van der Waals surface area contributed by atoms with Crippen molar-refractivity contribution in [3.63, 3.8) is 0 Å². The Morgan fingerprint density at radius 2 is 1.92 bits per heavy atom. The average molecular weight is 170 g/mol. The Labute approximate surface area is 78.1 Å². The van der Waals surface area contributed by atoms with Crippen molar-refractivity contribution in [3.8, 4) is 6.07 Å². The van der Waals surface area contributed by atoms with Crippen LogP contribution >= 0.6 is 0 Å². The summed E-state index contributed by atoms with van der Waals surface area (Å²) in [6, 6.07) is 9.82. The molecule has 0 heterocycles. The predicted octanol–water partition coefficient (Wildman–Crippen LogP) is 0.479. The minimum atomic E-state index is -0.214. The van der Waals surface area contributed by atoms with Crippen molar-refractivity contribution >= 4 is 12.9 Å². The Hall–Kier alpha value is -1.27. The van der Waals surface area contributed by atoms with Gasteiger partial charge in [0.25, 0.3) is 0 Å². The van der Waals surface area contributed by atoms with Crippen molar-refractivity contribution in [2.24, 2.45) is 0 Å². The maximum absolute atomic E-state index is 8.93. The third-order valence-electron chi connectivity index (χ3n) is 2.58. The molecule has 63 valence electrons. The van der Waals surface area contributed by atoms with Gasteiger partial charge in [-0.3, -0.25) is 0 Å². The third-order valence-corrected chi connectivity index (χ3v) is 2.58. The maximum Gasteiger partial charge on any atom is 0.326 e. The average Bonchev–Trinajstić information content (AvgIpc) is 2.99. The van der Waals surface area contributed by atoms with E-state index in [1.165, 1.54) is 0 Å². The fourth-order valence-electron chi connectivity index (χ4n) is 1.48. The highest BCUT2D eigenvalue weighted by atomic mass is 16.2. The van der Waals surface area contributed by atoms with Gasteiger partial charge in [0.1, 0.15) is 0 Å². The first-order valence-electron chi connectivity index (χ1n) is 4.30. The largest absolute Gasteiger partial charge is 0.450 e. The molecule has 1 saturated carbocycles. The molecule has 1 aliphatic carbocycles. The predicted molar refractivity (Wildman–Crippen MR) is 50.6 cm³/mol. The summed E-state index contributed by atoms with van der Waals surface area (Å²) >= 11 is 0. The van der Waals surface area contributed by atoms with Crippen molar-refractivity contribution in [1.82, 2.24) is 0 Å². The first kappa shape index (κ1) is 8.34. The molecule has 1 N–H and O–H groups in total. The molecule has 13 heavy (non-hydrogen) atoms. The highest BCUT2D eigenvalue weighted by Gasteiger charge is 2.44. The van der Waals surface area contributed by atoms with E-state index in [1.807, 2.05) is 24.3 Å². The van der Waals surface area contributed by atoms with Crippen LogP contribution in [0.1, 0.15) is 18.4 Å². The minimum absolute atomic E-state index is 0.214. The van der Waals surface area contributed by atoms with E-state index in [0.29, 0.717) is 0 Å². The van der Waals surface area contributed by atoms with E-state index in [0.717, 1.165) is 31.4 Å². The molecule has 0 saturated heterocycles. The van der Waals surface area contributed by atoms with Crippen molar-refractivity contribution in [1.29, 1.82) is 5.26 Å². The molecule has 1 radical (unpaired) electrons. The molecular formula is C10H9BNO. The first-order valence-corrected chi connectivity index (χ1v) is 4.30. The zero-order chi connectivity index (χ0) is 9.31. The topological polar surface area (TPSA) is 44.0 Å². The molecule has 0 atom stereocenters. The molecule has 0 aromatic heterocycles. The van der Waals surface area contributed by atoms with Crippen LogP contribution in [0.15, 0.2) is 24.3 Å². The lowest BCUT2D eigenvalue weighted by Gasteiger charge is -2.05. The van der Waals surface area contributed by atoms with Gasteiger partial charge in [-0.05, 0) is 18.4 Å². The SMILES string of the molecule is N#CC1(c2ccc([B]O)cc2)CC1. The van der Waals surface area contributed by atoms with Gasteiger partial charge < -0.3 is 5.02 Å². The lowest BCUT2D eigenvalue weighted by molar-refractivity contribution is 0.615. The molecular weight excluding hydrogens is 161 g/mol. The number of nitrogens with zero attached hydrogens (tertiary/aromatic N) is 1. The van der Waals surface area contributed by atoms with Crippen LogP contribution in [-0.2, 0) is 5.41 Å². The van der Waals surface area contributed by atoms with Crippen LogP contribution in [0.25, 0.3) is 0 Å². The second-order valence-electron chi connectivity index (χ2n) is 3.45. The molecule has 1 fully saturated rings. The number of hydrogen-bond acceptors (Lipinski definition) is 2. The zero-order valence-corrected chi connectivity index (χ0v) is 7.20. The van der Waals surface area contributed by atoms with Crippen LogP contribution in [0.4, 0.5) is 0 Å². The van der Waals surface area contributed by atoms with E-state index in [-0.39, 0.29) is 5.41 Å². The van der Waals surface area contributed by atoms with Gasteiger partial charge in [-0.15, -0.1) is 0 Å². The molecule has 1 aromatic carbocycles. The first-order chi connectivity index (χ1) is 6.30. The second kappa shape index (κ2) is 2.90. The van der Waals surface area contributed by atoms with Gasteiger partial charge in [-0.2, -0.15) is 5.26 Å². The van der Waals surface area contributed by atoms with Gasteiger partial charge in [-0.1, -0.05) is 29.7 Å². The molecule has 3 heteroatoms. The van der Waals surface area contributed by atoms with Gasteiger partial charge in [0, 0.05) is 0 Å². The van der Waals surface area contributed by atoms with E-state index >= 15 is 0 Å². The van der Waals surface area contributed by atoms with E-state index < -0.39 is 0 Å². The molecule has 0 unspecified atom stereocenters. The fraction of sp³-hybridized carbons (Fsp3) is 0.300. The van der Waals surface area contributed by atoms with Crippen LogP contribution < -0.4 is 5.46 Å². The summed E-state index contributed by atoms with van der Waals surface area (Å²) < 4.78 is 0. The third kappa shape index (κ3) is 1.34. The molecule has 0 bridgehead atoms. The van der Waals surface area contributed by atoms with Gasteiger partial charge >= 0.3 is 7.48 Å². The van der Waals surface area contributed by atoms with Crippen molar-refractivity contribution in [2.75, 3.05) is 0 Å². The smallest absolute Gasteiger partial charge is 0.326 e. The van der Waals surface area contributed by atoms with Crippen LogP contribution in [0.2, 0.25) is 0 Å². The molecule has 2 nitrogen and oxygen atoms in total. The van der Waals surface area contributed by atoms with Crippen LogP contribution in [-0.4, -0.2) is 12.5 Å². The van der Waals surface area contributed by atoms with Crippen molar-refractivity contribution < 1.29 is 5.02 Å². The normalized spacial score (nSPS) is 17.5. The number of hydrogen-bond donors (Lipinski definition) is 1. The lowest BCUT2D eigenvalue weighted by Crippen LogP contribution is -2.14. The van der Waals surface area contributed by atoms with E-state index in [2.05, 4.69) is 6.07 Å². The van der Waals surface area contributed by atoms with Gasteiger partial charge in [0.2, 0.25) is 0 Å². The summed E-state index contributed by atoms with van der Waals surface area (Å²) in [6.07, 6.45) is 1.93. The van der Waals surface area contributed by atoms with Crippen molar-refractivity contribution in [3.05, 3.63) is 29.8 Å². The van der Waals surface area contributed by atoms with Crippen LogP contribution in [0.5, 0.6) is 0 Å². The summed E-state index contributed by atoms with van der Waals surface area (Å²) in [6.45, 7) is 0. The minimum Gasteiger partial charge on any atom is -0.450 e. The summed E-state index contributed by atoms with van der Waals surface area (Å²) in [5.74, 6) is 0. The lowest BCUT2D eigenvalue weighted by atomic mass is 9.86. The molecule has 0 amide bonds. The van der Waals surface area contributed by atoms with Crippen LogP contribution in [0.3, 0.4) is 0 Å².